The number of methoxy groups -OCH3 is 1. The minimum absolute atomic E-state index is 0.00390. The van der Waals surface area contributed by atoms with Crippen LogP contribution >= 0.6 is 0 Å². The number of likely N-dealkylation sites (N-methyl/N-ethyl adjacent to an activating group) is 1. The van der Waals surface area contributed by atoms with E-state index in [4.69, 9.17) is 9.47 Å². The molecule has 1 amide bonds. The summed E-state index contributed by atoms with van der Waals surface area (Å²) in [4.78, 5) is 13.6. The van der Waals surface area contributed by atoms with Crippen molar-refractivity contribution in [1.82, 2.24) is 10.2 Å². The second-order valence-corrected chi connectivity index (χ2v) is 4.46. The van der Waals surface area contributed by atoms with E-state index in [9.17, 15) is 9.90 Å². The normalized spacial score (nSPS) is 27.7. The first kappa shape index (κ1) is 15.4. The van der Waals surface area contributed by atoms with E-state index in [1.54, 1.807) is 0 Å². The van der Waals surface area contributed by atoms with Gasteiger partial charge in [-0.3, -0.25) is 4.79 Å². The first-order valence-electron chi connectivity index (χ1n) is 6.42. The van der Waals surface area contributed by atoms with E-state index in [1.165, 1.54) is 7.11 Å². The summed E-state index contributed by atoms with van der Waals surface area (Å²) in [5.74, 6) is -0.228. The molecule has 6 heteroatoms. The van der Waals surface area contributed by atoms with Gasteiger partial charge in [0.2, 0.25) is 5.91 Å². The lowest BCUT2D eigenvalue weighted by Gasteiger charge is -2.24. The summed E-state index contributed by atoms with van der Waals surface area (Å²) in [5, 5.41) is 12.8. The van der Waals surface area contributed by atoms with Gasteiger partial charge in [0.25, 0.3) is 0 Å². The lowest BCUT2D eigenvalue weighted by atomic mass is 10.1. The van der Waals surface area contributed by atoms with Gasteiger partial charge in [-0.2, -0.15) is 0 Å². The van der Waals surface area contributed by atoms with E-state index >= 15 is 0 Å². The molecule has 1 heterocycles. The van der Waals surface area contributed by atoms with Crippen molar-refractivity contribution < 1.29 is 19.4 Å². The van der Waals surface area contributed by atoms with E-state index < -0.39 is 6.10 Å². The third kappa shape index (κ3) is 4.20. The summed E-state index contributed by atoms with van der Waals surface area (Å²) in [7, 11) is 1.46. The minimum atomic E-state index is -0.661. The Kier molecular flexibility index (Phi) is 6.56. The second-order valence-electron chi connectivity index (χ2n) is 4.46. The average molecular weight is 260 g/mol. The highest BCUT2D eigenvalue weighted by Gasteiger charge is 2.37. The van der Waals surface area contributed by atoms with Crippen LogP contribution in [0.5, 0.6) is 0 Å². The summed E-state index contributed by atoms with van der Waals surface area (Å²) in [5.41, 5.74) is 0. The SMILES string of the molecule is CCN(CC)C[C@@H]1OCC(NC(=O)COC)[C@H]1O. The van der Waals surface area contributed by atoms with E-state index in [1.807, 2.05) is 0 Å². The molecule has 0 aromatic rings. The van der Waals surface area contributed by atoms with Gasteiger partial charge in [-0.25, -0.2) is 0 Å². The highest BCUT2D eigenvalue weighted by Crippen LogP contribution is 2.15. The first-order chi connectivity index (χ1) is 8.62. The molecule has 1 aliphatic rings. The monoisotopic (exact) mass is 260 g/mol. The largest absolute Gasteiger partial charge is 0.388 e. The molecule has 1 unspecified atom stereocenters. The minimum Gasteiger partial charge on any atom is -0.388 e. The number of carbonyl (C=O) groups is 1. The van der Waals surface area contributed by atoms with Crippen LogP contribution in [0.15, 0.2) is 0 Å². The predicted octanol–water partition coefficient (Wildman–Crippen LogP) is -0.781. The van der Waals surface area contributed by atoms with Gasteiger partial charge >= 0.3 is 0 Å². The number of amides is 1. The Balaban J connectivity index is 2.41. The summed E-state index contributed by atoms with van der Waals surface area (Å²) < 4.78 is 10.3. The third-order valence-corrected chi connectivity index (χ3v) is 3.24. The van der Waals surface area contributed by atoms with Crippen LogP contribution in [-0.4, -0.2) is 74.1 Å². The highest BCUT2D eigenvalue weighted by molar-refractivity contribution is 5.77. The maximum absolute atomic E-state index is 11.4. The molecule has 2 N–H and O–H groups in total. The number of aliphatic hydroxyl groups is 1. The van der Waals surface area contributed by atoms with Crippen molar-refractivity contribution in [2.75, 3.05) is 40.0 Å². The molecule has 0 radical (unpaired) electrons. The lowest BCUT2D eigenvalue weighted by molar-refractivity contribution is -0.126. The second kappa shape index (κ2) is 7.68. The molecule has 18 heavy (non-hydrogen) atoms. The number of hydrogen-bond donors (Lipinski definition) is 2. The molecule has 6 nitrogen and oxygen atoms in total. The van der Waals surface area contributed by atoms with E-state index in [2.05, 4.69) is 24.1 Å². The zero-order valence-corrected chi connectivity index (χ0v) is 11.4. The number of nitrogens with zero attached hydrogens (tertiary/aromatic N) is 1. The Bertz CT molecular complexity index is 258. The van der Waals surface area contributed by atoms with Crippen molar-refractivity contribution in [1.29, 1.82) is 0 Å². The lowest BCUT2D eigenvalue weighted by Crippen LogP contribution is -2.47. The number of carbonyl (C=O) groups excluding carboxylic acids is 1. The molecule has 0 bridgehead atoms. The molecule has 0 aromatic carbocycles. The van der Waals surface area contributed by atoms with Crippen molar-refractivity contribution in [3.8, 4) is 0 Å². The molecule has 0 spiro atoms. The smallest absolute Gasteiger partial charge is 0.246 e. The van der Waals surface area contributed by atoms with Gasteiger partial charge in [0.1, 0.15) is 12.7 Å². The van der Waals surface area contributed by atoms with E-state index in [0.717, 1.165) is 13.1 Å². The molecule has 1 saturated heterocycles. The van der Waals surface area contributed by atoms with Gasteiger partial charge in [-0.15, -0.1) is 0 Å². The van der Waals surface area contributed by atoms with E-state index in [-0.39, 0.29) is 24.7 Å². The summed E-state index contributed by atoms with van der Waals surface area (Å²) in [6, 6.07) is -0.340. The van der Waals surface area contributed by atoms with Crippen LogP contribution in [0.25, 0.3) is 0 Å². The molecular formula is C12H24N2O4. The summed E-state index contributed by atoms with van der Waals surface area (Å²) in [6.07, 6.45) is -0.899. The topological polar surface area (TPSA) is 71.0 Å². The summed E-state index contributed by atoms with van der Waals surface area (Å²) >= 11 is 0. The molecular weight excluding hydrogens is 236 g/mol. The zero-order chi connectivity index (χ0) is 13.5. The van der Waals surface area contributed by atoms with Crippen LogP contribution in [-0.2, 0) is 14.3 Å². The molecule has 0 saturated carbocycles. The van der Waals surface area contributed by atoms with Crippen molar-refractivity contribution in [2.24, 2.45) is 0 Å². The fourth-order valence-electron chi connectivity index (χ4n) is 2.09. The Morgan fingerprint density at radius 3 is 2.72 bits per heavy atom. The van der Waals surface area contributed by atoms with Crippen molar-refractivity contribution >= 4 is 5.91 Å². The van der Waals surface area contributed by atoms with Gasteiger partial charge in [-0.05, 0) is 13.1 Å². The third-order valence-electron chi connectivity index (χ3n) is 3.24. The van der Waals surface area contributed by atoms with Crippen molar-refractivity contribution in [2.45, 2.75) is 32.1 Å². The highest BCUT2D eigenvalue weighted by atomic mass is 16.5. The Morgan fingerprint density at radius 1 is 1.50 bits per heavy atom. The molecule has 106 valence electrons. The van der Waals surface area contributed by atoms with Crippen LogP contribution < -0.4 is 5.32 Å². The maximum Gasteiger partial charge on any atom is 0.246 e. The number of rotatable bonds is 7. The van der Waals surface area contributed by atoms with Gasteiger partial charge in [0.15, 0.2) is 0 Å². The number of aliphatic hydroxyl groups excluding tert-OH is 1. The quantitative estimate of drug-likeness (QED) is 0.628. The van der Waals surface area contributed by atoms with Crippen LogP contribution in [0.3, 0.4) is 0 Å². The fourth-order valence-corrected chi connectivity index (χ4v) is 2.09. The first-order valence-corrected chi connectivity index (χ1v) is 6.42. The number of nitrogens with one attached hydrogen (secondary N) is 1. The fraction of sp³-hybridized carbons (Fsp3) is 0.917. The van der Waals surface area contributed by atoms with Gasteiger partial charge < -0.3 is 24.8 Å². The number of ether oxygens (including phenoxy) is 2. The van der Waals surface area contributed by atoms with Gasteiger partial charge in [-0.1, -0.05) is 13.8 Å². The molecule has 0 aliphatic carbocycles. The van der Waals surface area contributed by atoms with Crippen molar-refractivity contribution in [3.05, 3.63) is 0 Å². The Hall–Kier alpha value is -0.690. The Morgan fingerprint density at radius 2 is 2.17 bits per heavy atom. The molecule has 1 rings (SSSR count). The Labute approximate surface area is 108 Å². The van der Waals surface area contributed by atoms with Gasteiger partial charge in [0, 0.05) is 13.7 Å². The molecule has 3 atom stereocenters. The zero-order valence-electron chi connectivity index (χ0n) is 11.4. The van der Waals surface area contributed by atoms with Crippen LogP contribution in [0.4, 0.5) is 0 Å². The molecule has 1 aliphatic heterocycles. The number of hydrogen-bond acceptors (Lipinski definition) is 5. The van der Waals surface area contributed by atoms with Gasteiger partial charge in [0.05, 0.1) is 18.8 Å². The standard InChI is InChI=1S/C12H24N2O4/c1-4-14(5-2)6-10-12(16)9(7-18-10)13-11(15)8-17-3/h9-10,12,16H,4-8H2,1-3H3,(H,13,15)/t9?,10-,12+/m0/s1. The van der Waals surface area contributed by atoms with E-state index in [0.29, 0.717) is 13.2 Å². The predicted molar refractivity (Wildman–Crippen MR) is 67.3 cm³/mol. The molecule has 0 aromatic heterocycles. The van der Waals surface area contributed by atoms with Crippen molar-refractivity contribution in [3.63, 3.8) is 0 Å². The van der Waals surface area contributed by atoms with Crippen LogP contribution in [0.2, 0.25) is 0 Å². The molecule has 1 fully saturated rings. The maximum atomic E-state index is 11.4. The van der Waals surface area contributed by atoms with Crippen LogP contribution in [0, 0.1) is 0 Å². The average Bonchev–Trinajstić information content (AvgIpc) is 2.68. The summed E-state index contributed by atoms with van der Waals surface area (Å²) in [6.45, 7) is 7.02. The van der Waals surface area contributed by atoms with Crippen LogP contribution in [0.1, 0.15) is 13.8 Å².